The monoisotopic (exact) mass is 723 g/mol. The molecule has 0 spiro atoms. The van der Waals surface area contributed by atoms with Gasteiger partial charge in [-0.15, -0.1) is 11.3 Å². The molecule has 12 rings (SSSR count). The summed E-state index contributed by atoms with van der Waals surface area (Å²) in [4.78, 5) is 7.19. The number of hydrogen-bond donors (Lipinski definition) is 0. The lowest BCUT2D eigenvalue weighted by molar-refractivity contribution is 0.620. The fraction of sp³-hybridized carbons (Fsp3) is 0. The standard InChI is InChI=1S/C49H29N3O2S/c1-3-12-30(13-4-1)49-50-40-29-44-39(28-45(40)54-49)38-18-11-20-42(48(38)53-44)51(33-23-25-37-36-17-8-10-21-46(36)55-47(37)27-33)32-22-24-35-34-16-7-9-19-41(34)52(43(35)26-32)31-14-5-2-6-15-31/h1-29H. The fourth-order valence-corrected chi connectivity index (χ4v) is 9.46. The molecule has 4 aromatic heterocycles. The molecule has 258 valence electrons. The Labute approximate surface area is 318 Å². The molecule has 0 bridgehead atoms. The van der Waals surface area contributed by atoms with Crippen molar-refractivity contribution in [3.63, 3.8) is 0 Å². The molecule has 0 saturated heterocycles. The summed E-state index contributed by atoms with van der Waals surface area (Å²) in [7, 11) is 0. The van der Waals surface area contributed by atoms with Gasteiger partial charge in [0, 0.05) is 70.4 Å². The van der Waals surface area contributed by atoms with Crippen molar-refractivity contribution >= 4 is 103 Å². The van der Waals surface area contributed by atoms with Crippen molar-refractivity contribution in [1.29, 1.82) is 0 Å². The Kier molecular flexibility index (Phi) is 6.44. The van der Waals surface area contributed by atoms with Crippen LogP contribution in [0.2, 0.25) is 0 Å². The number of anilines is 3. The van der Waals surface area contributed by atoms with Crippen LogP contribution in [0.4, 0.5) is 17.1 Å². The van der Waals surface area contributed by atoms with Crippen molar-refractivity contribution < 1.29 is 8.83 Å². The van der Waals surface area contributed by atoms with Gasteiger partial charge in [0.25, 0.3) is 0 Å². The summed E-state index contributed by atoms with van der Waals surface area (Å²) in [5.41, 5.74) is 10.5. The molecular weight excluding hydrogens is 695 g/mol. The van der Waals surface area contributed by atoms with Crippen LogP contribution in [0.3, 0.4) is 0 Å². The van der Waals surface area contributed by atoms with Gasteiger partial charge in [0.05, 0.1) is 16.7 Å². The van der Waals surface area contributed by atoms with Gasteiger partial charge in [-0.1, -0.05) is 97.1 Å². The minimum atomic E-state index is 0.597. The highest BCUT2D eigenvalue weighted by molar-refractivity contribution is 7.25. The molecule has 0 atom stereocenters. The predicted molar refractivity (Wildman–Crippen MR) is 229 cm³/mol. The smallest absolute Gasteiger partial charge is 0.227 e. The van der Waals surface area contributed by atoms with E-state index in [1.807, 2.05) is 47.7 Å². The normalized spacial score (nSPS) is 12.0. The third-order valence-corrected chi connectivity index (χ3v) is 11.9. The maximum absolute atomic E-state index is 6.87. The average Bonchev–Trinajstić information content (AvgIpc) is 4.01. The molecular formula is C49H29N3O2S. The third kappa shape index (κ3) is 4.62. The molecule has 5 nitrogen and oxygen atoms in total. The van der Waals surface area contributed by atoms with Crippen LogP contribution in [-0.4, -0.2) is 9.55 Å². The molecule has 6 heteroatoms. The number of aromatic nitrogens is 2. The van der Waals surface area contributed by atoms with E-state index in [4.69, 9.17) is 13.8 Å². The van der Waals surface area contributed by atoms with Crippen LogP contribution in [0.15, 0.2) is 185 Å². The van der Waals surface area contributed by atoms with Crippen LogP contribution in [-0.2, 0) is 0 Å². The molecule has 0 radical (unpaired) electrons. The molecule has 4 heterocycles. The zero-order valence-electron chi connectivity index (χ0n) is 29.3. The molecule has 0 aliphatic carbocycles. The Morgan fingerprint density at radius 2 is 1.16 bits per heavy atom. The number of para-hydroxylation sites is 3. The van der Waals surface area contributed by atoms with Gasteiger partial charge in [-0.05, 0) is 72.8 Å². The Bertz CT molecular complexity index is 3450. The van der Waals surface area contributed by atoms with E-state index in [-0.39, 0.29) is 0 Å². The zero-order valence-corrected chi connectivity index (χ0v) is 30.1. The fourth-order valence-electron chi connectivity index (χ4n) is 8.32. The second-order valence-corrected chi connectivity index (χ2v) is 15.0. The molecule has 8 aromatic carbocycles. The van der Waals surface area contributed by atoms with Gasteiger partial charge in [0.2, 0.25) is 5.89 Å². The van der Waals surface area contributed by atoms with Crippen molar-refractivity contribution in [1.82, 2.24) is 9.55 Å². The second kappa shape index (κ2) is 11.7. The molecule has 0 aliphatic rings. The van der Waals surface area contributed by atoms with Crippen molar-refractivity contribution in [3.8, 4) is 17.1 Å². The number of rotatable bonds is 5. The Balaban J connectivity index is 1.11. The minimum absolute atomic E-state index is 0.597. The lowest BCUT2D eigenvalue weighted by atomic mass is 10.1. The number of nitrogens with zero attached hydrogens (tertiary/aromatic N) is 3. The highest BCUT2D eigenvalue weighted by Crippen LogP contribution is 2.46. The van der Waals surface area contributed by atoms with E-state index in [0.717, 1.165) is 66.9 Å². The Morgan fingerprint density at radius 1 is 0.473 bits per heavy atom. The summed E-state index contributed by atoms with van der Waals surface area (Å²) in [6, 6.07) is 62.1. The second-order valence-electron chi connectivity index (χ2n) is 14.0. The average molecular weight is 724 g/mol. The minimum Gasteiger partial charge on any atom is -0.454 e. The van der Waals surface area contributed by atoms with Crippen molar-refractivity contribution in [2.45, 2.75) is 0 Å². The van der Waals surface area contributed by atoms with Gasteiger partial charge < -0.3 is 18.3 Å². The Morgan fingerprint density at radius 3 is 2.04 bits per heavy atom. The van der Waals surface area contributed by atoms with E-state index in [0.29, 0.717) is 5.89 Å². The largest absolute Gasteiger partial charge is 0.454 e. The molecule has 0 aliphatic heterocycles. The van der Waals surface area contributed by atoms with E-state index in [9.17, 15) is 0 Å². The van der Waals surface area contributed by atoms with Gasteiger partial charge in [0.1, 0.15) is 11.1 Å². The van der Waals surface area contributed by atoms with Crippen molar-refractivity contribution in [3.05, 3.63) is 176 Å². The molecule has 55 heavy (non-hydrogen) atoms. The molecule has 0 saturated carbocycles. The van der Waals surface area contributed by atoms with Crippen LogP contribution < -0.4 is 4.90 Å². The summed E-state index contributed by atoms with van der Waals surface area (Å²) >= 11 is 1.83. The van der Waals surface area contributed by atoms with E-state index in [1.165, 1.54) is 36.5 Å². The van der Waals surface area contributed by atoms with Crippen LogP contribution in [0, 0.1) is 0 Å². The Hall–Kier alpha value is -7.15. The molecule has 12 aromatic rings. The summed E-state index contributed by atoms with van der Waals surface area (Å²) in [6.07, 6.45) is 0. The first-order valence-corrected chi connectivity index (χ1v) is 19.2. The lowest BCUT2D eigenvalue weighted by Crippen LogP contribution is -2.10. The third-order valence-electron chi connectivity index (χ3n) is 10.8. The summed E-state index contributed by atoms with van der Waals surface area (Å²) < 4.78 is 18.1. The van der Waals surface area contributed by atoms with Gasteiger partial charge in [-0.25, -0.2) is 4.98 Å². The number of fused-ring (bicyclic) bond motifs is 10. The highest BCUT2D eigenvalue weighted by Gasteiger charge is 2.23. The van der Waals surface area contributed by atoms with E-state index < -0.39 is 0 Å². The number of oxazole rings is 1. The molecule has 0 amide bonds. The van der Waals surface area contributed by atoms with Crippen LogP contribution in [0.1, 0.15) is 0 Å². The van der Waals surface area contributed by atoms with Crippen LogP contribution in [0.25, 0.3) is 92.2 Å². The first kappa shape index (κ1) is 30.3. The maximum atomic E-state index is 6.87. The number of benzene rings is 8. The summed E-state index contributed by atoms with van der Waals surface area (Å²) in [6.45, 7) is 0. The van der Waals surface area contributed by atoms with Crippen molar-refractivity contribution in [2.24, 2.45) is 0 Å². The van der Waals surface area contributed by atoms with E-state index in [1.54, 1.807) is 0 Å². The molecule has 0 N–H and O–H groups in total. The van der Waals surface area contributed by atoms with Crippen LogP contribution >= 0.6 is 11.3 Å². The van der Waals surface area contributed by atoms with E-state index >= 15 is 0 Å². The van der Waals surface area contributed by atoms with Crippen molar-refractivity contribution in [2.75, 3.05) is 4.90 Å². The SMILES string of the molecule is c1ccc(-c2nc3cc4oc5c(N(c6ccc7c(c6)sc6ccccc67)c6ccc7c8ccccc8n(-c8ccccc8)c7c6)cccc5c4cc3o2)cc1. The van der Waals surface area contributed by atoms with Gasteiger partial charge >= 0.3 is 0 Å². The number of thiophene rings is 1. The number of furan rings is 1. The zero-order chi connectivity index (χ0) is 36.0. The number of hydrogen-bond acceptors (Lipinski definition) is 5. The van der Waals surface area contributed by atoms with E-state index in [2.05, 4.69) is 149 Å². The summed E-state index contributed by atoms with van der Waals surface area (Å²) in [5, 5.41) is 6.96. The van der Waals surface area contributed by atoms with Crippen LogP contribution in [0.5, 0.6) is 0 Å². The van der Waals surface area contributed by atoms with Gasteiger partial charge in [0.15, 0.2) is 11.2 Å². The quantitative estimate of drug-likeness (QED) is 0.177. The summed E-state index contributed by atoms with van der Waals surface area (Å²) in [5.74, 6) is 0.597. The first-order valence-electron chi connectivity index (χ1n) is 18.4. The maximum Gasteiger partial charge on any atom is 0.227 e. The predicted octanol–water partition coefficient (Wildman–Crippen LogP) is 14.3. The molecule has 0 unspecified atom stereocenters. The van der Waals surface area contributed by atoms with Gasteiger partial charge in [-0.2, -0.15) is 0 Å². The molecule has 0 fully saturated rings. The topological polar surface area (TPSA) is 47.3 Å². The lowest BCUT2D eigenvalue weighted by Gasteiger charge is -2.26. The highest BCUT2D eigenvalue weighted by atomic mass is 32.1. The van der Waals surface area contributed by atoms with Gasteiger partial charge in [-0.3, -0.25) is 0 Å². The first-order chi connectivity index (χ1) is 27.2.